The Morgan fingerprint density at radius 3 is 2.75 bits per heavy atom. The SMILES string of the molecule is C[C@@H]1CCCN(c2cc(C(=O)NC3C[C@@H](C)O[C@@H](C)C3)ccn2)C1. The average Bonchev–Trinajstić information content (AvgIpc) is 2.54. The van der Waals surface area contributed by atoms with Gasteiger partial charge in [-0.25, -0.2) is 4.98 Å². The minimum atomic E-state index is -0.00462. The molecule has 0 bridgehead atoms. The van der Waals surface area contributed by atoms with E-state index < -0.39 is 0 Å². The van der Waals surface area contributed by atoms with Crippen LogP contribution < -0.4 is 10.2 Å². The number of aromatic nitrogens is 1. The van der Waals surface area contributed by atoms with Gasteiger partial charge in [0, 0.05) is 30.9 Å². The van der Waals surface area contributed by atoms with Gasteiger partial charge in [-0.3, -0.25) is 4.79 Å². The van der Waals surface area contributed by atoms with Gasteiger partial charge < -0.3 is 15.0 Å². The van der Waals surface area contributed by atoms with Crippen molar-refractivity contribution in [3.8, 4) is 0 Å². The van der Waals surface area contributed by atoms with Gasteiger partial charge in [-0.05, 0) is 57.6 Å². The van der Waals surface area contributed by atoms with Gasteiger partial charge in [0.15, 0.2) is 0 Å². The van der Waals surface area contributed by atoms with Gasteiger partial charge >= 0.3 is 0 Å². The molecule has 1 N–H and O–H groups in total. The van der Waals surface area contributed by atoms with Crippen molar-refractivity contribution in [1.29, 1.82) is 0 Å². The second-order valence-electron chi connectivity index (χ2n) is 7.50. The van der Waals surface area contributed by atoms with Crippen LogP contribution in [-0.2, 0) is 4.74 Å². The molecule has 2 aliphatic rings. The van der Waals surface area contributed by atoms with Crippen molar-refractivity contribution >= 4 is 11.7 Å². The summed E-state index contributed by atoms with van der Waals surface area (Å²) in [4.78, 5) is 19.4. The van der Waals surface area contributed by atoms with E-state index in [4.69, 9.17) is 4.74 Å². The first-order chi connectivity index (χ1) is 11.5. The summed E-state index contributed by atoms with van der Waals surface area (Å²) in [5.74, 6) is 1.60. The molecule has 0 radical (unpaired) electrons. The third-order valence-electron chi connectivity index (χ3n) is 5.02. The summed E-state index contributed by atoms with van der Waals surface area (Å²) in [6.45, 7) is 8.45. The average molecular weight is 331 g/mol. The van der Waals surface area contributed by atoms with Gasteiger partial charge in [0.25, 0.3) is 5.91 Å². The topological polar surface area (TPSA) is 54.5 Å². The monoisotopic (exact) mass is 331 g/mol. The minimum absolute atomic E-state index is 0.00462. The Kier molecular flexibility index (Phi) is 5.39. The van der Waals surface area contributed by atoms with E-state index in [0.717, 1.165) is 31.7 Å². The van der Waals surface area contributed by atoms with Crippen LogP contribution in [0.4, 0.5) is 5.82 Å². The normalized spacial score (nSPS) is 30.9. The molecule has 4 atom stereocenters. The third kappa shape index (κ3) is 4.26. The van der Waals surface area contributed by atoms with E-state index >= 15 is 0 Å². The maximum Gasteiger partial charge on any atom is 0.251 e. The largest absolute Gasteiger partial charge is 0.375 e. The quantitative estimate of drug-likeness (QED) is 0.925. The number of amides is 1. The lowest BCUT2D eigenvalue weighted by Gasteiger charge is -2.33. The molecule has 0 saturated carbocycles. The zero-order valence-corrected chi connectivity index (χ0v) is 15.0. The molecule has 3 rings (SSSR count). The third-order valence-corrected chi connectivity index (χ3v) is 5.02. The van der Waals surface area contributed by atoms with E-state index in [2.05, 4.69) is 36.0 Å². The Labute approximate surface area is 144 Å². The Hall–Kier alpha value is -1.62. The summed E-state index contributed by atoms with van der Waals surface area (Å²) in [7, 11) is 0. The Morgan fingerprint density at radius 1 is 1.29 bits per heavy atom. The van der Waals surface area contributed by atoms with Crippen molar-refractivity contribution in [3.63, 3.8) is 0 Å². The van der Waals surface area contributed by atoms with Gasteiger partial charge in [-0.15, -0.1) is 0 Å². The highest BCUT2D eigenvalue weighted by Gasteiger charge is 2.26. The second kappa shape index (κ2) is 7.51. The number of hydrogen-bond donors (Lipinski definition) is 1. The summed E-state index contributed by atoms with van der Waals surface area (Å²) in [5, 5.41) is 3.17. The first-order valence-corrected chi connectivity index (χ1v) is 9.18. The van der Waals surface area contributed by atoms with Crippen LogP contribution in [0, 0.1) is 5.92 Å². The Morgan fingerprint density at radius 2 is 2.04 bits per heavy atom. The van der Waals surface area contributed by atoms with Crippen LogP contribution in [0.2, 0.25) is 0 Å². The highest BCUT2D eigenvalue weighted by atomic mass is 16.5. The fourth-order valence-electron chi connectivity index (χ4n) is 3.92. The number of rotatable bonds is 3. The molecule has 0 aromatic carbocycles. The number of carbonyl (C=O) groups excluding carboxylic acids is 1. The molecule has 1 amide bonds. The van der Waals surface area contributed by atoms with Gasteiger partial charge in [0.1, 0.15) is 5.82 Å². The molecule has 2 fully saturated rings. The number of hydrogen-bond acceptors (Lipinski definition) is 4. The molecule has 2 saturated heterocycles. The van der Waals surface area contributed by atoms with Crippen LogP contribution in [0.25, 0.3) is 0 Å². The van der Waals surface area contributed by atoms with Crippen molar-refractivity contribution in [2.24, 2.45) is 5.92 Å². The lowest BCUT2D eigenvalue weighted by Crippen LogP contribution is -2.44. The molecule has 2 aliphatic heterocycles. The Balaban J connectivity index is 1.65. The fraction of sp³-hybridized carbons (Fsp3) is 0.684. The molecule has 0 aliphatic carbocycles. The van der Waals surface area contributed by atoms with Crippen molar-refractivity contribution in [3.05, 3.63) is 23.9 Å². The fourth-order valence-corrected chi connectivity index (χ4v) is 3.92. The predicted octanol–water partition coefficient (Wildman–Crippen LogP) is 3.00. The molecule has 1 aromatic rings. The minimum Gasteiger partial charge on any atom is -0.375 e. The molecule has 3 heterocycles. The number of carbonyl (C=O) groups is 1. The number of pyridine rings is 1. The van der Waals surface area contributed by atoms with Crippen molar-refractivity contribution in [2.75, 3.05) is 18.0 Å². The Bertz CT molecular complexity index is 567. The standard InChI is InChI=1S/C19H29N3O2/c1-13-5-4-8-22(12-13)18-11-16(6-7-20-18)19(23)21-17-9-14(2)24-15(3)10-17/h6-7,11,13-15,17H,4-5,8-10,12H2,1-3H3,(H,21,23)/t13-,14-,15+,17?/m1/s1. The number of nitrogens with zero attached hydrogens (tertiary/aromatic N) is 2. The number of anilines is 1. The molecule has 1 unspecified atom stereocenters. The molecular formula is C19H29N3O2. The van der Waals surface area contributed by atoms with Crippen molar-refractivity contribution < 1.29 is 9.53 Å². The maximum atomic E-state index is 12.6. The lowest BCUT2D eigenvalue weighted by atomic mass is 9.99. The van der Waals surface area contributed by atoms with Gasteiger partial charge in [-0.1, -0.05) is 6.92 Å². The summed E-state index contributed by atoms with van der Waals surface area (Å²) < 4.78 is 5.74. The summed E-state index contributed by atoms with van der Waals surface area (Å²) >= 11 is 0. The van der Waals surface area contributed by atoms with Gasteiger partial charge in [0.05, 0.1) is 12.2 Å². The molecule has 5 heteroatoms. The number of ether oxygens (including phenoxy) is 1. The van der Waals surface area contributed by atoms with Crippen LogP contribution in [0.1, 0.15) is 56.8 Å². The van der Waals surface area contributed by atoms with E-state index in [9.17, 15) is 4.79 Å². The molecule has 0 spiro atoms. The first kappa shape index (κ1) is 17.2. The van der Waals surface area contributed by atoms with E-state index in [-0.39, 0.29) is 24.2 Å². The van der Waals surface area contributed by atoms with E-state index in [1.807, 2.05) is 6.07 Å². The van der Waals surface area contributed by atoms with Crippen LogP contribution in [0.3, 0.4) is 0 Å². The predicted molar refractivity (Wildman–Crippen MR) is 95.3 cm³/mol. The maximum absolute atomic E-state index is 12.6. The van der Waals surface area contributed by atoms with Crippen LogP contribution in [0.5, 0.6) is 0 Å². The molecule has 24 heavy (non-hydrogen) atoms. The van der Waals surface area contributed by atoms with Crippen LogP contribution in [-0.4, -0.2) is 42.2 Å². The number of nitrogens with one attached hydrogen (secondary N) is 1. The number of piperidine rings is 1. The summed E-state index contributed by atoms with van der Waals surface area (Å²) in [6.07, 6.45) is 6.35. The van der Waals surface area contributed by atoms with Crippen molar-refractivity contribution in [1.82, 2.24) is 10.3 Å². The van der Waals surface area contributed by atoms with E-state index in [1.165, 1.54) is 12.8 Å². The summed E-state index contributed by atoms with van der Waals surface area (Å²) in [6, 6.07) is 3.92. The smallest absolute Gasteiger partial charge is 0.251 e. The van der Waals surface area contributed by atoms with Crippen LogP contribution in [0.15, 0.2) is 18.3 Å². The van der Waals surface area contributed by atoms with Gasteiger partial charge in [-0.2, -0.15) is 0 Å². The molecule has 5 nitrogen and oxygen atoms in total. The van der Waals surface area contributed by atoms with E-state index in [0.29, 0.717) is 11.5 Å². The molecular weight excluding hydrogens is 302 g/mol. The lowest BCUT2D eigenvalue weighted by molar-refractivity contribution is -0.0408. The summed E-state index contributed by atoms with van der Waals surface area (Å²) in [5.41, 5.74) is 0.699. The van der Waals surface area contributed by atoms with Crippen molar-refractivity contribution in [2.45, 2.75) is 64.7 Å². The zero-order chi connectivity index (χ0) is 17.1. The second-order valence-corrected chi connectivity index (χ2v) is 7.50. The zero-order valence-electron chi connectivity index (χ0n) is 15.0. The molecule has 1 aromatic heterocycles. The van der Waals surface area contributed by atoms with Gasteiger partial charge in [0.2, 0.25) is 0 Å². The highest BCUT2D eigenvalue weighted by molar-refractivity contribution is 5.95. The van der Waals surface area contributed by atoms with Crippen LogP contribution >= 0.6 is 0 Å². The molecule has 132 valence electrons. The highest BCUT2D eigenvalue weighted by Crippen LogP contribution is 2.23. The first-order valence-electron chi connectivity index (χ1n) is 9.18. The van der Waals surface area contributed by atoms with E-state index in [1.54, 1.807) is 12.3 Å².